The van der Waals surface area contributed by atoms with Gasteiger partial charge < -0.3 is 5.32 Å². The maximum atomic E-state index is 12.4. The summed E-state index contributed by atoms with van der Waals surface area (Å²) in [6.45, 7) is 5.34. The molecule has 0 bridgehead atoms. The summed E-state index contributed by atoms with van der Waals surface area (Å²) in [5.41, 5.74) is 3.71. The molecule has 2 aromatic rings. The van der Waals surface area contributed by atoms with Crippen molar-refractivity contribution < 1.29 is 9.72 Å². The Balaban J connectivity index is 1.98. The molecule has 29 heavy (non-hydrogen) atoms. The van der Waals surface area contributed by atoms with Crippen LogP contribution < -0.4 is 5.32 Å². The highest BCUT2D eigenvalue weighted by molar-refractivity contribution is 8.02. The summed E-state index contributed by atoms with van der Waals surface area (Å²) < 4.78 is 0. The van der Waals surface area contributed by atoms with Gasteiger partial charge in [0.1, 0.15) is 0 Å². The zero-order valence-electron chi connectivity index (χ0n) is 16.2. The fraction of sp³-hybridized carbons (Fsp3) is 0.238. The molecule has 0 saturated heterocycles. The number of thioether (sulfide) groups is 1. The van der Waals surface area contributed by atoms with E-state index in [-0.39, 0.29) is 11.5 Å². The first kappa shape index (κ1) is 20.8. The number of dihydropyridines is 1. The summed E-state index contributed by atoms with van der Waals surface area (Å²) >= 11 is 2.95. The van der Waals surface area contributed by atoms with Gasteiger partial charge in [-0.3, -0.25) is 14.9 Å². The van der Waals surface area contributed by atoms with Gasteiger partial charge >= 0.3 is 0 Å². The number of carbonyl (C=O) groups excluding carboxylic acids is 1. The lowest BCUT2D eigenvalue weighted by molar-refractivity contribution is -0.384. The van der Waals surface area contributed by atoms with E-state index < -0.39 is 10.8 Å². The molecule has 1 aromatic heterocycles. The Morgan fingerprint density at radius 2 is 2.14 bits per heavy atom. The second-order valence-corrected chi connectivity index (χ2v) is 8.62. The number of benzene rings is 1. The number of aryl methyl sites for hydroxylation is 1. The number of nitriles is 1. The number of Topliss-reactive ketones (excluding diaryl/α,β-unsaturated/α-hetero) is 1. The summed E-state index contributed by atoms with van der Waals surface area (Å²) in [5, 5.41) is 26.8. The first-order chi connectivity index (χ1) is 13.8. The van der Waals surface area contributed by atoms with Crippen LogP contribution in [0.15, 0.2) is 57.6 Å². The molecule has 0 radical (unpaired) electrons. The predicted molar refractivity (Wildman–Crippen MR) is 115 cm³/mol. The van der Waals surface area contributed by atoms with Crippen molar-refractivity contribution in [3.63, 3.8) is 0 Å². The first-order valence-electron chi connectivity index (χ1n) is 8.86. The van der Waals surface area contributed by atoms with Gasteiger partial charge in [0.2, 0.25) is 0 Å². The molecule has 0 spiro atoms. The number of nitrogens with zero attached hydrogens (tertiary/aromatic N) is 2. The molecule has 1 N–H and O–H groups in total. The average Bonchev–Trinajstić information content (AvgIpc) is 3.11. The van der Waals surface area contributed by atoms with Crippen LogP contribution in [0.1, 0.15) is 35.8 Å². The Morgan fingerprint density at radius 1 is 1.38 bits per heavy atom. The van der Waals surface area contributed by atoms with Crippen LogP contribution in [-0.2, 0) is 10.5 Å². The molecule has 0 saturated carbocycles. The average molecular weight is 426 g/mol. The number of nitro benzene ring substituents is 1. The van der Waals surface area contributed by atoms with Crippen LogP contribution >= 0.6 is 23.1 Å². The van der Waals surface area contributed by atoms with Crippen LogP contribution in [0.5, 0.6) is 0 Å². The summed E-state index contributed by atoms with van der Waals surface area (Å²) in [4.78, 5) is 23.9. The molecular weight excluding hydrogens is 406 g/mol. The van der Waals surface area contributed by atoms with E-state index in [9.17, 15) is 20.2 Å². The number of carbonyl (C=O) groups is 1. The molecular formula is C21H19N3O3S2. The topological polar surface area (TPSA) is 96.0 Å². The fourth-order valence-corrected chi connectivity index (χ4v) is 5.43. The van der Waals surface area contributed by atoms with Gasteiger partial charge in [0.05, 0.1) is 27.5 Å². The number of thiophene rings is 1. The molecule has 0 unspecified atom stereocenters. The number of hydrogen-bond donors (Lipinski definition) is 1. The first-order valence-corrected chi connectivity index (χ1v) is 10.7. The van der Waals surface area contributed by atoms with Crippen LogP contribution in [0, 0.1) is 28.4 Å². The largest absolute Gasteiger partial charge is 0.353 e. The quantitative estimate of drug-likeness (QED) is 0.506. The van der Waals surface area contributed by atoms with Gasteiger partial charge in [-0.1, -0.05) is 12.1 Å². The monoisotopic (exact) mass is 425 g/mol. The molecule has 148 valence electrons. The van der Waals surface area contributed by atoms with Crippen LogP contribution in [0.25, 0.3) is 0 Å². The van der Waals surface area contributed by atoms with Gasteiger partial charge in [-0.25, -0.2) is 0 Å². The maximum Gasteiger partial charge on any atom is 0.269 e. The molecule has 0 amide bonds. The molecule has 1 aliphatic rings. The van der Waals surface area contributed by atoms with Crippen molar-refractivity contribution in [3.05, 3.63) is 83.7 Å². The van der Waals surface area contributed by atoms with Gasteiger partial charge in [0.25, 0.3) is 5.69 Å². The summed E-state index contributed by atoms with van der Waals surface area (Å²) in [6.07, 6.45) is 0. The number of nitrogens with one attached hydrogen (secondary N) is 1. The lowest BCUT2D eigenvalue weighted by Crippen LogP contribution is -2.26. The van der Waals surface area contributed by atoms with E-state index >= 15 is 0 Å². The van der Waals surface area contributed by atoms with Crippen LogP contribution in [0.2, 0.25) is 0 Å². The van der Waals surface area contributed by atoms with Crippen molar-refractivity contribution in [3.8, 4) is 6.07 Å². The molecule has 2 heterocycles. The number of rotatable bonds is 6. The fourth-order valence-electron chi connectivity index (χ4n) is 3.35. The molecule has 6 nitrogen and oxygen atoms in total. The molecule has 1 atom stereocenters. The summed E-state index contributed by atoms with van der Waals surface area (Å²) in [7, 11) is 0. The number of allylic oxidation sites excluding steroid dienone is 3. The van der Waals surface area contributed by atoms with Crippen molar-refractivity contribution in [2.75, 3.05) is 0 Å². The predicted octanol–water partition coefficient (Wildman–Crippen LogP) is 5.18. The van der Waals surface area contributed by atoms with E-state index in [1.54, 1.807) is 6.07 Å². The second kappa shape index (κ2) is 8.64. The molecule has 1 aromatic carbocycles. The number of nitro groups is 1. The number of ketones is 1. The molecule has 0 aliphatic carbocycles. The molecule has 3 rings (SSSR count). The van der Waals surface area contributed by atoms with Crippen LogP contribution in [-0.4, -0.2) is 10.7 Å². The van der Waals surface area contributed by atoms with Crippen molar-refractivity contribution in [2.45, 2.75) is 32.4 Å². The minimum atomic E-state index is -0.422. The smallest absolute Gasteiger partial charge is 0.269 e. The van der Waals surface area contributed by atoms with Crippen molar-refractivity contribution in [2.24, 2.45) is 0 Å². The summed E-state index contributed by atoms with van der Waals surface area (Å²) in [6, 6.07) is 10.7. The Kier molecular flexibility index (Phi) is 6.20. The minimum absolute atomic E-state index is 0.0382. The SMILES string of the molecule is CC(=O)C1=C(C)NC(SCc2cccc([N+](=O)[O-])c2)=C(C#N)[C@@H]1c1sccc1C. The molecule has 1 aliphatic heterocycles. The van der Waals surface area contributed by atoms with E-state index in [2.05, 4.69) is 11.4 Å². The zero-order chi connectivity index (χ0) is 21.1. The second-order valence-electron chi connectivity index (χ2n) is 6.69. The van der Waals surface area contributed by atoms with Crippen LogP contribution in [0.3, 0.4) is 0 Å². The van der Waals surface area contributed by atoms with Crippen molar-refractivity contribution in [1.82, 2.24) is 5.32 Å². The van der Waals surface area contributed by atoms with Crippen molar-refractivity contribution in [1.29, 1.82) is 5.26 Å². The lowest BCUT2D eigenvalue weighted by Gasteiger charge is -2.29. The molecule has 0 fully saturated rings. The summed E-state index contributed by atoms with van der Waals surface area (Å²) in [5.74, 6) is 0.00300. The van der Waals surface area contributed by atoms with E-state index in [1.165, 1.54) is 42.2 Å². The van der Waals surface area contributed by atoms with Crippen LogP contribution in [0.4, 0.5) is 5.69 Å². The highest BCUT2D eigenvalue weighted by atomic mass is 32.2. The van der Waals surface area contributed by atoms with E-state index in [1.807, 2.05) is 31.4 Å². The zero-order valence-corrected chi connectivity index (χ0v) is 17.8. The Hall–Kier alpha value is -2.89. The standard InChI is InChI=1S/C21H19N3O3S2/c1-12-7-8-28-20(12)19-17(10-22)21(23-13(2)18(19)14(3)25)29-11-15-5-4-6-16(9-15)24(26)27/h4-9,19,23H,11H2,1-3H3/t19-/m0/s1. The van der Waals surface area contributed by atoms with E-state index in [4.69, 9.17) is 0 Å². The third kappa shape index (κ3) is 4.26. The Bertz CT molecular complexity index is 1090. The van der Waals surface area contributed by atoms with Gasteiger partial charge in [0, 0.05) is 34.0 Å². The Labute approximate surface area is 177 Å². The highest BCUT2D eigenvalue weighted by Crippen LogP contribution is 2.44. The van der Waals surface area contributed by atoms with E-state index in [0.29, 0.717) is 21.9 Å². The van der Waals surface area contributed by atoms with Gasteiger partial charge in [-0.2, -0.15) is 5.26 Å². The molecule has 8 heteroatoms. The normalized spacial score (nSPS) is 16.4. The lowest BCUT2D eigenvalue weighted by atomic mass is 9.84. The van der Waals surface area contributed by atoms with Gasteiger partial charge in [0.15, 0.2) is 5.78 Å². The third-order valence-electron chi connectivity index (χ3n) is 4.70. The maximum absolute atomic E-state index is 12.4. The number of non-ortho nitro benzene ring substituents is 1. The van der Waals surface area contributed by atoms with Gasteiger partial charge in [-0.15, -0.1) is 23.1 Å². The van der Waals surface area contributed by atoms with E-state index in [0.717, 1.165) is 21.7 Å². The van der Waals surface area contributed by atoms with Gasteiger partial charge in [-0.05, 0) is 43.3 Å². The van der Waals surface area contributed by atoms with Crippen molar-refractivity contribution >= 4 is 34.6 Å². The highest BCUT2D eigenvalue weighted by Gasteiger charge is 2.34. The Morgan fingerprint density at radius 3 is 2.72 bits per heavy atom. The number of hydrogen-bond acceptors (Lipinski definition) is 7. The minimum Gasteiger partial charge on any atom is -0.353 e. The third-order valence-corrected chi connectivity index (χ3v) is 6.87.